The van der Waals surface area contributed by atoms with Gasteiger partial charge in [-0.1, -0.05) is 6.07 Å². The predicted octanol–water partition coefficient (Wildman–Crippen LogP) is 1.84. The fourth-order valence-electron chi connectivity index (χ4n) is 1.96. The summed E-state index contributed by atoms with van der Waals surface area (Å²) in [4.78, 5) is 22.6. The average Bonchev–Trinajstić information content (AvgIpc) is 2.75. The molecule has 1 aromatic carbocycles. The van der Waals surface area contributed by atoms with Gasteiger partial charge in [0, 0.05) is 11.9 Å². The number of hydrogen-bond donors (Lipinski definition) is 2. The molecule has 6 heteroatoms. The molecule has 0 aliphatic carbocycles. The van der Waals surface area contributed by atoms with E-state index in [2.05, 4.69) is 10.4 Å². The third-order valence-corrected chi connectivity index (χ3v) is 2.67. The van der Waals surface area contributed by atoms with Crippen LogP contribution >= 0.6 is 0 Å². The highest BCUT2D eigenvalue weighted by Crippen LogP contribution is 2.14. The molecule has 0 bridgehead atoms. The number of rotatable bonds is 4. The lowest BCUT2D eigenvalue weighted by Gasteiger charge is -2.06. The van der Waals surface area contributed by atoms with Crippen molar-refractivity contribution in [2.45, 2.75) is 20.4 Å². The van der Waals surface area contributed by atoms with Crippen molar-refractivity contribution in [3.63, 3.8) is 0 Å². The zero-order valence-corrected chi connectivity index (χ0v) is 11.3. The van der Waals surface area contributed by atoms with Crippen LogP contribution in [0.25, 0.3) is 0 Å². The Balaban J connectivity index is 2.11. The second-order valence-electron chi connectivity index (χ2n) is 4.65. The first kappa shape index (κ1) is 13.8. The molecule has 0 fully saturated rings. The van der Waals surface area contributed by atoms with Crippen LogP contribution in [0.5, 0.6) is 0 Å². The molecule has 2 aromatic rings. The van der Waals surface area contributed by atoms with Gasteiger partial charge in [0.1, 0.15) is 6.54 Å². The summed E-state index contributed by atoms with van der Waals surface area (Å²) in [5, 5.41) is 15.2. The van der Waals surface area contributed by atoms with Gasteiger partial charge in [-0.25, -0.2) is 0 Å². The number of nitrogens with one attached hydrogen (secondary N) is 1. The number of carboxylic acids is 1. The van der Waals surface area contributed by atoms with Crippen molar-refractivity contribution in [3.8, 4) is 0 Å². The minimum Gasteiger partial charge on any atom is -0.480 e. The maximum absolute atomic E-state index is 12.0. The van der Waals surface area contributed by atoms with E-state index in [9.17, 15) is 9.59 Å². The summed E-state index contributed by atoms with van der Waals surface area (Å²) in [6.07, 6.45) is 2.76. The van der Waals surface area contributed by atoms with Gasteiger partial charge in [0.2, 0.25) is 0 Å². The molecule has 6 nitrogen and oxygen atoms in total. The van der Waals surface area contributed by atoms with E-state index >= 15 is 0 Å². The summed E-state index contributed by atoms with van der Waals surface area (Å²) >= 11 is 0. The molecule has 0 spiro atoms. The van der Waals surface area contributed by atoms with Crippen LogP contribution in [-0.2, 0) is 11.3 Å². The van der Waals surface area contributed by atoms with Gasteiger partial charge in [-0.15, -0.1) is 0 Å². The first-order valence-corrected chi connectivity index (χ1v) is 6.08. The normalized spacial score (nSPS) is 10.3. The molecule has 20 heavy (non-hydrogen) atoms. The fourth-order valence-corrected chi connectivity index (χ4v) is 1.96. The smallest absolute Gasteiger partial charge is 0.325 e. The summed E-state index contributed by atoms with van der Waals surface area (Å²) in [5.74, 6) is -1.32. The Kier molecular flexibility index (Phi) is 3.84. The Morgan fingerprint density at radius 1 is 1.25 bits per heavy atom. The molecule has 2 N–H and O–H groups in total. The fraction of sp³-hybridized carbons (Fsp3) is 0.214. The second kappa shape index (κ2) is 5.56. The number of nitrogens with zero attached hydrogens (tertiary/aromatic N) is 2. The zero-order chi connectivity index (χ0) is 14.7. The topological polar surface area (TPSA) is 84.2 Å². The number of benzene rings is 1. The highest BCUT2D eigenvalue weighted by Gasteiger charge is 2.10. The van der Waals surface area contributed by atoms with Crippen LogP contribution in [0, 0.1) is 13.8 Å². The molecule has 0 aliphatic rings. The van der Waals surface area contributed by atoms with Crippen molar-refractivity contribution < 1.29 is 14.7 Å². The van der Waals surface area contributed by atoms with Crippen LogP contribution in [0.15, 0.2) is 30.6 Å². The van der Waals surface area contributed by atoms with Gasteiger partial charge in [0.05, 0.1) is 11.8 Å². The van der Waals surface area contributed by atoms with E-state index < -0.39 is 5.97 Å². The number of carbonyl (C=O) groups is 2. The van der Waals surface area contributed by atoms with Crippen LogP contribution in [0.2, 0.25) is 0 Å². The van der Waals surface area contributed by atoms with E-state index in [0.29, 0.717) is 11.3 Å². The lowest BCUT2D eigenvalue weighted by Crippen LogP contribution is -2.12. The van der Waals surface area contributed by atoms with E-state index in [1.54, 1.807) is 0 Å². The molecule has 0 saturated heterocycles. The molecule has 0 atom stereocenters. The van der Waals surface area contributed by atoms with E-state index in [4.69, 9.17) is 5.11 Å². The van der Waals surface area contributed by atoms with E-state index in [0.717, 1.165) is 11.1 Å². The minimum absolute atomic E-state index is 0.267. The van der Waals surface area contributed by atoms with Crippen molar-refractivity contribution in [2.75, 3.05) is 5.32 Å². The van der Waals surface area contributed by atoms with Gasteiger partial charge in [-0.3, -0.25) is 14.3 Å². The summed E-state index contributed by atoms with van der Waals surface area (Å²) in [6.45, 7) is 3.64. The highest BCUT2D eigenvalue weighted by molar-refractivity contribution is 6.04. The van der Waals surface area contributed by atoms with Gasteiger partial charge in [-0.05, 0) is 37.1 Å². The van der Waals surface area contributed by atoms with Gasteiger partial charge in [0.25, 0.3) is 5.91 Å². The summed E-state index contributed by atoms with van der Waals surface area (Å²) in [6, 6.07) is 5.75. The third-order valence-electron chi connectivity index (χ3n) is 2.67. The standard InChI is InChI=1S/C14H15N3O3/c1-9-3-10(2)5-12(4-9)16-14(20)11-6-15-17(7-11)8-13(18)19/h3-7H,8H2,1-2H3,(H,16,20)(H,18,19). The summed E-state index contributed by atoms with van der Waals surface area (Å²) < 4.78 is 1.21. The highest BCUT2D eigenvalue weighted by atomic mass is 16.4. The van der Waals surface area contributed by atoms with Crippen molar-refractivity contribution >= 4 is 17.6 Å². The van der Waals surface area contributed by atoms with Crippen LogP contribution in [-0.4, -0.2) is 26.8 Å². The molecular formula is C14H15N3O3. The summed E-state index contributed by atoms with van der Waals surface area (Å²) in [5.41, 5.74) is 3.15. The second-order valence-corrected chi connectivity index (χ2v) is 4.65. The molecule has 1 heterocycles. The summed E-state index contributed by atoms with van der Waals surface area (Å²) in [7, 11) is 0. The SMILES string of the molecule is Cc1cc(C)cc(NC(=O)c2cnn(CC(=O)O)c2)c1. The number of aromatic nitrogens is 2. The number of amides is 1. The first-order chi connectivity index (χ1) is 9.44. The van der Waals surface area contributed by atoms with Gasteiger partial charge < -0.3 is 10.4 Å². The quantitative estimate of drug-likeness (QED) is 0.890. The molecule has 2 rings (SSSR count). The lowest BCUT2D eigenvalue weighted by atomic mass is 10.1. The number of carboxylic acid groups (broad SMARTS) is 1. The maximum atomic E-state index is 12.0. The molecule has 0 aliphatic heterocycles. The van der Waals surface area contributed by atoms with E-state index in [-0.39, 0.29) is 12.5 Å². The average molecular weight is 273 g/mol. The molecule has 104 valence electrons. The van der Waals surface area contributed by atoms with Crippen molar-refractivity contribution in [3.05, 3.63) is 47.3 Å². The number of carbonyl (C=O) groups excluding carboxylic acids is 1. The van der Waals surface area contributed by atoms with Crippen LogP contribution < -0.4 is 5.32 Å². The Morgan fingerprint density at radius 2 is 1.90 bits per heavy atom. The van der Waals surface area contributed by atoms with Gasteiger partial charge in [-0.2, -0.15) is 5.10 Å². The number of aliphatic carboxylic acids is 1. The molecule has 1 amide bonds. The van der Waals surface area contributed by atoms with Crippen molar-refractivity contribution in [1.82, 2.24) is 9.78 Å². The Morgan fingerprint density at radius 3 is 2.50 bits per heavy atom. The Hall–Kier alpha value is -2.63. The Labute approximate surface area is 116 Å². The van der Waals surface area contributed by atoms with Crippen molar-refractivity contribution in [2.24, 2.45) is 0 Å². The minimum atomic E-state index is -1.01. The molecule has 0 radical (unpaired) electrons. The predicted molar refractivity (Wildman–Crippen MR) is 73.7 cm³/mol. The molecule has 0 saturated carbocycles. The number of aryl methyl sites for hydroxylation is 2. The molecule has 1 aromatic heterocycles. The van der Waals surface area contributed by atoms with E-state index in [1.165, 1.54) is 17.1 Å². The van der Waals surface area contributed by atoms with Gasteiger partial charge in [0.15, 0.2) is 0 Å². The Bertz CT molecular complexity index is 641. The largest absolute Gasteiger partial charge is 0.480 e. The number of anilines is 1. The third kappa shape index (κ3) is 3.44. The van der Waals surface area contributed by atoms with E-state index in [1.807, 2.05) is 32.0 Å². The number of hydrogen-bond acceptors (Lipinski definition) is 3. The van der Waals surface area contributed by atoms with Gasteiger partial charge >= 0.3 is 5.97 Å². The van der Waals surface area contributed by atoms with Crippen LogP contribution in [0.3, 0.4) is 0 Å². The van der Waals surface area contributed by atoms with Crippen molar-refractivity contribution in [1.29, 1.82) is 0 Å². The first-order valence-electron chi connectivity index (χ1n) is 6.08. The maximum Gasteiger partial charge on any atom is 0.325 e. The monoisotopic (exact) mass is 273 g/mol. The van der Waals surface area contributed by atoms with Crippen LogP contribution in [0.1, 0.15) is 21.5 Å². The van der Waals surface area contributed by atoms with Crippen LogP contribution in [0.4, 0.5) is 5.69 Å². The molecular weight excluding hydrogens is 258 g/mol. The molecule has 0 unspecified atom stereocenters. The zero-order valence-electron chi connectivity index (χ0n) is 11.3. The lowest BCUT2D eigenvalue weighted by molar-refractivity contribution is -0.137.